The van der Waals surface area contributed by atoms with E-state index in [2.05, 4.69) is 15.6 Å². The maximum absolute atomic E-state index is 13.1. The van der Waals surface area contributed by atoms with E-state index in [1.54, 1.807) is 26.3 Å². The molecule has 0 fully saturated rings. The van der Waals surface area contributed by atoms with Gasteiger partial charge in [-0.2, -0.15) is 0 Å². The third kappa shape index (κ3) is 6.74. The molecule has 2 aromatic carbocycles. The van der Waals surface area contributed by atoms with Gasteiger partial charge in [0.05, 0.1) is 7.11 Å². The van der Waals surface area contributed by atoms with Crippen LogP contribution < -0.4 is 15.4 Å². The molecule has 6 heteroatoms. The van der Waals surface area contributed by atoms with E-state index in [9.17, 15) is 4.39 Å². The van der Waals surface area contributed by atoms with Crippen LogP contribution in [-0.2, 0) is 13.0 Å². The molecule has 2 N–H and O–H groups in total. The van der Waals surface area contributed by atoms with Gasteiger partial charge in [0.2, 0.25) is 0 Å². The van der Waals surface area contributed by atoms with Gasteiger partial charge in [0.1, 0.15) is 11.6 Å². The summed E-state index contributed by atoms with van der Waals surface area (Å²) in [5.41, 5.74) is 2.07. The monoisotopic (exact) mass is 443 g/mol. The predicted octanol–water partition coefficient (Wildman–Crippen LogP) is 3.36. The van der Waals surface area contributed by atoms with Crippen molar-refractivity contribution in [2.75, 3.05) is 20.7 Å². The normalized spacial score (nSPS) is 10.7. The molecule has 0 saturated heterocycles. The van der Waals surface area contributed by atoms with E-state index in [1.807, 2.05) is 30.3 Å². The van der Waals surface area contributed by atoms with E-state index in [1.165, 1.54) is 6.07 Å². The van der Waals surface area contributed by atoms with Gasteiger partial charge in [0.25, 0.3) is 0 Å². The van der Waals surface area contributed by atoms with Gasteiger partial charge in [-0.1, -0.05) is 24.3 Å². The molecule has 0 heterocycles. The minimum atomic E-state index is -0.206. The van der Waals surface area contributed by atoms with Crippen molar-refractivity contribution in [3.8, 4) is 5.75 Å². The SMILES string of the molecule is CN=C(NCCc1cccc(F)c1)NCc1cccc(OC)c1.I. The third-order valence-electron chi connectivity index (χ3n) is 3.41. The topological polar surface area (TPSA) is 45.7 Å². The molecule has 0 atom stereocenters. The second kappa shape index (κ2) is 10.9. The lowest BCUT2D eigenvalue weighted by Gasteiger charge is -2.12. The highest BCUT2D eigenvalue weighted by atomic mass is 127. The maximum atomic E-state index is 13.1. The molecule has 0 aromatic heterocycles. The van der Waals surface area contributed by atoms with Crippen LogP contribution in [0.25, 0.3) is 0 Å². The molecule has 130 valence electrons. The summed E-state index contributed by atoms with van der Waals surface area (Å²) in [5, 5.41) is 6.47. The zero-order chi connectivity index (χ0) is 16.5. The summed E-state index contributed by atoms with van der Waals surface area (Å²) >= 11 is 0. The van der Waals surface area contributed by atoms with Crippen molar-refractivity contribution in [2.45, 2.75) is 13.0 Å². The van der Waals surface area contributed by atoms with Crippen molar-refractivity contribution < 1.29 is 9.13 Å². The van der Waals surface area contributed by atoms with E-state index in [-0.39, 0.29) is 29.8 Å². The highest BCUT2D eigenvalue weighted by molar-refractivity contribution is 14.0. The van der Waals surface area contributed by atoms with Gasteiger partial charge in [-0.25, -0.2) is 4.39 Å². The Morgan fingerprint density at radius 1 is 1.08 bits per heavy atom. The number of aliphatic imine (C=N–C) groups is 1. The van der Waals surface area contributed by atoms with Gasteiger partial charge in [0.15, 0.2) is 5.96 Å². The van der Waals surface area contributed by atoms with Crippen molar-refractivity contribution in [1.29, 1.82) is 0 Å². The first-order valence-electron chi connectivity index (χ1n) is 7.53. The van der Waals surface area contributed by atoms with Gasteiger partial charge >= 0.3 is 0 Å². The summed E-state index contributed by atoms with van der Waals surface area (Å²) in [7, 11) is 3.38. The molecule has 4 nitrogen and oxygen atoms in total. The molecule has 0 amide bonds. The Morgan fingerprint density at radius 3 is 2.54 bits per heavy atom. The number of hydrogen-bond acceptors (Lipinski definition) is 2. The molecule has 24 heavy (non-hydrogen) atoms. The quantitative estimate of drug-likeness (QED) is 0.409. The predicted molar refractivity (Wildman–Crippen MR) is 107 cm³/mol. The first-order valence-corrected chi connectivity index (χ1v) is 7.53. The summed E-state index contributed by atoms with van der Waals surface area (Å²) in [6, 6.07) is 14.5. The van der Waals surface area contributed by atoms with Crippen LogP contribution in [0.5, 0.6) is 5.75 Å². The molecule has 0 aliphatic rings. The fourth-order valence-corrected chi connectivity index (χ4v) is 2.21. The number of nitrogens with one attached hydrogen (secondary N) is 2. The highest BCUT2D eigenvalue weighted by Gasteiger charge is 2.00. The first-order chi connectivity index (χ1) is 11.2. The number of nitrogens with zero attached hydrogens (tertiary/aromatic N) is 1. The summed E-state index contributed by atoms with van der Waals surface area (Å²) < 4.78 is 18.3. The number of methoxy groups -OCH3 is 1. The van der Waals surface area contributed by atoms with Gasteiger partial charge in [-0.05, 0) is 41.8 Å². The lowest BCUT2D eigenvalue weighted by molar-refractivity contribution is 0.414. The standard InChI is InChI=1S/C18H22FN3O.HI/c1-20-18(21-10-9-14-5-3-7-16(19)11-14)22-13-15-6-4-8-17(12-15)23-2;/h3-8,11-12H,9-10,13H2,1-2H3,(H2,20,21,22);1H. The van der Waals surface area contributed by atoms with Crippen molar-refractivity contribution in [1.82, 2.24) is 10.6 Å². The van der Waals surface area contributed by atoms with Crippen LogP contribution in [0, 0.1) is 5.82 Å². The lowest BCUT2D eigenvalue weighted by Crippen LogP contribution is -2.37. The molecule has 2 rings (SSSR count). The van der Waals surface area contributed by atoms with Crippen LogP contribution in [0.15, 0.2) is 53.5 Å². The zero-order valence-electron chi connectivity index (χ0n) is 13.9. The van der Waals surface area contributed by atoms with Crippen LogP contribution >= 0.6 is 24.0 Å². The molecule has 0 unspecified atom stereocenters. The van der Waals surface area contributed by atoms with Crippen molar-refractivity contribution >= 4 is 29.9 Å². The van der Waals surface area contributed by atoms with Gasteiger partial charge in [-0.15, -0.1) is 24.0 Å². The average molecular weight is 443 g/mol. The second-order valence-corrected chi connectivity index (χ2v) is 5.08. The van der Waals surface area contributed by atoms with Gasteiger partial charge in [0, 0.05) is 20.1 Å². The summed E-state index contributed by atoms with van der Waals surface area (Å²) in [6.45, 7) is 1.33. The van der Waals surface area contributed by atoms with Crippen molar-refractivity contribution in [3.05, 3.63) is 65.5 Å². The molecular formula is C18H23FIN3O. The van der Waals surface area contributed by atoms with Crippen LogP contribution in [0.2, 0.25) is 0 Å². The number of hydrogen-bond donors (Lipinski definition) is 2. The Hall–Kier alpha value is -1.83. The van der Waals surface area contributed by atoms with Crippen LogP contribution in [-0.4, -0.2) is 26.7 Å². The van der Waals surface area contributed by atoms with E-state index in [0.717, 1.165) is 23.3 Å². The number of guanidine groups is 1. The Kier molecular flexibility index (Phi) is 9.14. The van der Waals surface area contributed by atoms with E-state index >= 15 is 0 Å². The number of rotatable bonds is 6. The van der Waals surface area contributed by atoms with Crippen LogP contribution in [0.3, 0.4) is 0 Å². The lowest BCUT2D eigenvalue weighted by atomic mass is 10.1. The van der Waals surface area contributed by atoms with E-state index in [4.69, 9.17) is 4.74 Å². The Labute approximate surface area is 159 Å². The zero-order valence-corrected chi connectivity index (χ0v) is 16.2. The molecule has 0 radical (unpaired) electrons. The number of benzene rings is 2. The largest absolute Gasteiger partial charge is 0.497 e. The summed E-state index contributed by atoms with van der Waals surface area (Å²) in [5.74, 6) is 1.34. The number of ether oxygens (including phenoxy) is 1. The van der Waals surface area contributed by atoms with E-state index < -0.39 is 0 Å². The summed E-state index contributed by atoms with van der Waals surface area (Å²) in [6.07, 6.45) is 0.734. The fraction of sp³-hybridized carbons (Fsp3) is 0.278. The highest BCUT2D eigenvalue weighted by Crippen LogP contribution is 2.12. The van der Waals surface area contributed by atoms with E-state index in [0.29, 0.717) is 19.0 Å². The summed E-state index contributed by atoms with van der Waals surface area (Å²) in [4.78, 5) is 4.18. The van der Waals surface area contributed by atoms with Crippen molar-refractivity contribution in [3.63, 3.8) is 0 Å². The molecule has 0 bridgehead atoms. The number of halogens is 2. The molecule has 2 aromatic rings. The molecular weight excluding hydrogens is 420 g/mol. The Balaban J connectivity index is 0.00000288. The van der Waals surface area contributed by atoms with Crippen molar-refractivity contribution in [2.24, 2.45) is 4.99 Å². The third-order valence-corrected chi connectivity index (χ3v) is 3.41. The fourth-order valence-electron chi connectivity index (χ4n) is 2.21. The second-order valence-electron chi connectivity index (χ2n) is 5.08. The molecule has 0 saturated carbocycles. The minimum Gasteiger partial charge on any atom is -0.497 e. The smallest absolute Gasteiger partial charge is 0.191 e. The molecule has 0 spiro atoms. The Bertz CT molecular complexity index is 664. The van der Waals surface area contributed by atoms with Gasteiger partial charge < -0.3 is 15.4 Å². The molecule has 0 aliphatic heterocycles. The Morgan fingerprint density at radius 2 is 1.83 bits per heavy atom. The molecule has 0 aliphatic carbocycles. The maximum Gasteiger partial charge on any atom is 0.191 e. The van der Waals surface area contributed by atoms with Crippen LogP contribution in [0.1, 0.15) is 11.1 Å². The first kappa shape index (κ1) is 20.2. The minimum absolute atomic E-state index is 0. The average Bonchev–Trinajstić information content (AvgIpc) is 2.58. The van der Waals surface area contributed by atoms with Gasteiger partial charge in [-0.3, -0.25) is 4.99 Å². The van der Waals surface area contributed by atoms with Crippen LogP contribution in [0.4, 0.5) is 4.39 Å².